The van der Waals surface area contributed by atoms with Gasteiger partial charge >= 0.3 is 0 Å². The first-order chi connectivity index (χ1) is 11.1. The summed E-state index contributed by atoms with van der Waals surface area (Å²) in [6.07, 6.45) is 5.58. The summed E-state index contributed by atoms with van der Waals surface area (Å²) >= 11 is 6.04. The van der Waals surface area contributed by atoms with Crippen molar-refractivity contribution in [3.8, 4) is 0 Å². The molecule has 4 nitrogen and oxygen atoms in total. The minimum Gasteiger partial charge on any atom is -0.361 e. The molecule has 1 aromatic heterocycles. The highest BCUT2D eigenvalue weighted by atomic mass is 35.5. The second-order valence-electron chi connectivity index (χ2n) is 6.24. The van der Waals surface area contributed by atoms with Crippen LogP contribution in [0.4, 0.5) is 0 Å². The molecule has 2 atom stereocenters. The van der Waals surface area contributed by atoms with Gasteiger partial charge in [-0.25, -0.2) is 0 Å². The van der Waals surface area contributed by atoms with E-state index in [4.69, 9.17) is 11.6 Å². The second-order valence-corrected chi connectivity index (χ2v) is 6.73. The molecule has 2 amide bonds. The van der Waals surface area contributed by atoms with Gasteiger partial charge < -0.3 is 4.98 Å². The highest BCUT2D eigenvalue weighted by Crippen LogP contribution is 2.38. The number of carbonyl (C=O) groups is 2. The van der Waals surface area contributed by atoms with E-state index in [1.165, 1.54) is 4.90 Å². The van der Waals surface area contributed by atoms with E-state index in [2.05, 4.69) is 11.1 Å². The first-order valence-electron chi connectivity index (χ1n) is 7.90. The van der Waals surface area contributed by atoms with Crippen molar-refractivity contribution in [2.24, 2.45) is 11.8 Å². The number of imide groups is 1. The van der Waals surface area contributed by atoms with Gasteiger partial charge in [-0.3, -0.25) is 14.5 Å². The molecule has 2 aliphatic rings. The maximum absolute atomic E-state index is 12.5. The predicted octanol–water partition coefficient (Wildman–Crippen LogP) is 3.23. The van der Waals surface area contributed by atoms with E-state index in [0.29, 0.717) is 30.8 Å². The quantitative estimate of drug-likeness (QED) is 0.879. The van der Waals surface area contributed by atoms with Crippen molar-refractivity contribution < 1.29 is 9.59 Å². The lowest BCUT2D eigenvalue weighted by molar-refractivity contribution is -0.139. The van der Waals surface area contributed by atoms with Gasteiger partial charge in [0, 0.05) is 28.7 Å². The second kappa shape index (κ2) is 5.53. The van der Waals surface area contributed by atoms with Crippen molar-refractivity contribution in [2.75, 3.05) is 6.54 Å². The number of H-pyrrole nitrogens is 1. The number of hydrogen-bond donors (Lipinski definition) is 1. The summed E-state index contributed by atoms with van der Waals surface area (Å²) in [4.78, 5) is 29.7. The van der Waals surface area contributed by atoms with Crippen molar-refractivity contribution in [3.63, 3.8) is 0 Å². The fourth-order valence-electron chi connectivity index (χ4n) is 3.69. The molecule has 1 N–H and O–H groups in total. The van der Waals surface area contributed by atoms with Crippen molar-refractivity contribution >= 4 is 34.3 Å². The molecule has 0 unspecified atom stereocenters. The van der Waals surface area contributed by atoms with Crippen LogP contribution in [0.5, 0.6) is 0 Å². The van der Waals surface area contributed by atoms with Crippen molar-refractivity contribution in [3.05, 3.63) is 47.1 Å². The van der Waals surface area contributed by atoms with E-state index in [-0.39, 0.29) is 23.7 Å². The van der Waals surface area contributed by atoms with Gasteiger partial charge in [-0.2, -0.15) is 0 Å². The van der Waals surface area contributed by atoms with Crippen LogP contribution in [0.25, 0.3) is 10.9 Å². The van der Waals surface area contributed by atoms with E-state index in [1.54, 1.807) is 0 Å². The molecule has 0 bridgehead atoms. The highest BCUT2D eigenvalue weighted by Gasteiger charge is 2.47. The number of likely N-dealkylation sites (tertiary alicyclic amines) is 1. The third-order valence-corrected chi connectivity index (χ3v) is 5.25. The molecule has 23 heavy (non-hydrogen) atoms. The number of carbonyl (C=O) groups excluding carboxylic acids is 2. The number of nitrogens with one attached hydrogen (secondary N) is 1. The number of fused-ring (bicyclic) bond motifs is 2. The van der Waals surface area contributed by atoms with Gasteiger partial charge in [0.2, 0.25) is 11.8 Å². The smallest absolute Gasteiger partial charge is 0.233 e. The standard InChI is InChI=1S/C18H17ClN2O2/c19-12-5-6-14-15(9-12)18(23)21(17(14)22)8-7-11-10-20-16-4-2-1-3-13(11)16/h1-5,10,14-15,20H,6-9H2/t14-,15+/m1/s1. The average Bonchev–Trinajstić information content (AvgIpc) is 3.06. The zero-order chi connectivity index (χ0) is 16.0. The third kappa shape index (κ3) is 2.38. The summed E-state index contributed by atoms with van der Waals surface area (Å²) in [5.41, 5.74) is 2.21. The van der Waals surface area contributed by atoms with Crippen LogP contribution in [-0.2, 0) is 16.0 Å². The maximum atomic E-state index is 12.5. The number of halogens is 1. The number of hydrogen-bond acceptors (Lipinski definition) is 2. The lowest BCUT2D eigenvalue weighted by atomic mass is 9.85. The Balaban J connectivity index is 1.51. The van der Waals surface area contributed by atoms with Gasteiger partial charge in [-0.05, 0) is 30.9 Å². The number of benzene rings is 1. The van der Waals surface area contributed by atoms with E-state index < -0.39 is 0 Å². The van der Waals surface area contributed by atoms with Crippen molar-refractivity contribution in [1.29, 1.82) is 0 Å². The largest absolute Gasteiger partial charge is 0.361 e. The Kier molecular flexibility index (Phi) is 3.49. The Labute approximate surface area is 139 Å². The first-order valence-corrected chi connectivity index (χ1v) is 8.27. The SMILES string of the molecule is O=C1[C@H]2CC(Cl)=CC[C@H]2C(=O)N1CCc1c[nH]c2ccccc12. The lowest BCUT2D eigenvalue weighted by Gasteiger charge is -2.17. The monoisotopic (exact) mass is 328 g/mol. The molecule has 0 spiro atoms. The minimum absolute atomic E-state index is 0.0414. The molecule has 1 aliphatic heterocycles. The molecule has 2 heterocycles. The van der Waals surface area contributed by atoms with Crippen LogP contribution in [0.15, 0.2) is 41.6 Å². The highest BCUT2D eigenvalue weighted by molar-refractivity contribution is 6.30. The van der Waals surface area contributed by atoms with Gasteiger partial charge in [-0.1, -0.05) is 35.9 Å². The number of nitrogens with zero attached hydrogens (tertiary/aromatic N) is 1. The van der Waals surface area contributed by atoms with Crippen LogP contribution in [0.2, 0.25) is 0 Å². The summed E-state index contributed by atoms with van der Waals surface area (Å²) < 4.78 is 0. The van der Waals surface area contributed by atoms with Crippen molar-refractivity contribution in [1.82, 2.24) is 9.88 Å². The van der Waals surface area contributed by atoms with Gasteiger partial charge in [-0.15, -0.1) is 0 Å². The zero-order valence-electron chi connectivity index (χ0n) is 12.6. The Morgan fingerprint density at radius 3 is 2.83 bits per heavy atom. The number of aromatic nitrogens is 1. The van der Waals surface area contributed by atoms with E-state index in [0.717, 1.165) is 16.5 Å². The topological polar surface area (TPSA) is 53.2 Å². The number of rotatable bonds is 3. The predicted molar refractivity (Wildman–Crippen MR) is 88.9 cm³/mol. The summed E-state index contributed by atoms with van der Waals surface area (Å²) in [6.45, 7) is 0.435. The van der Waals surface area contributed by atoms with Gasteiger partial charge in [0.25, 0.3) is 0 Å². The van der Waals surface area contributed by atoms with Crippen LogP contribution >= 0.6 is 11.6 Å². The molecule has 2 aromatic rings. The molecule has 118 valence electrons. The van der Waals surface area contributed by atoms with Crippen LogP contribution < -0.4 is 0 Å². The Bertz CT molecular complexity index is 823. The van der Waals surface area contributed by atoms with Gasteiger partial charge in [0.1, 0.15) is 0 Å². The average molecular weight is 329 g/mol. The van der Waals surface area contributed by atoms with Crippen LogP contribution in [0.3, 0.4) is 0 Å². The van der Waals surface area contributed by atoms with Crippen LogP contribution in [-0.4, -0.2) is 28.2 Å². The Morgan fingerprint density at radius 1 is 1.17 bits per heavy atom. The molecule has 1 saturated heterocycles. The molecule has 1 fully saturated rings. The van der Waals surface area contributed by atoms with E-state index >= 15 is 0 Å². The maximum Gasteiger partial charge on any atom is 0.233 e. The normalized spacial score (nSPS) is 24.2. The van der Waals surface area contributed by atoms with Crippen LogP contribution in [0.1, 0.15) is 18.4 Å². The van der Waals surface area contributed by atoms with Crippen molar-refractivity contribution in [2.45, 2.75) is 19.3 Å². The Hall–Kier alpha value is -2.07. The summed E-state index contributed by atoms with van der Waals surface area (Å²) in [5.74, 6) is -0.581. The zero-order valence-corrected chi connectivity index (χ0v) is 13.3. The number of allylic oxidation sites excluding steroid dienone is 2. The molecule has 1 aliphatic carbocycles. The van der Waals surface area contributed by atoms with Crippen LogP contribution in [0, 0.1) is 11.8 Å². The summed E-state index contributed by atoms with van der Waals surface area (Å²) in [7, 11) is 0. The molecular weight excluding hydrogens is 312 g/mol. The van der Waals surface area contributed by atoms with Gasteiger partial charge in [0.15, 0.2) is 0 Å². The molecule has 0 radical (unpaired) electrons. The number of para-hydroxylation sites is 1. The van der Waals surface area contributed by atoms with E-state index in [1.807, 2.05) is 30.5 Å². The first kappa shape index (κ1) is 14.5. The third-order valence-electron chi connectivity index (χ3n) is 4.94. The number of amides is 2. The number of aromatic amines is 1. The lowest BCUT2D eigenvalue weighted by Crippen LogP contribution is -2.33. The fourth-order valence-corrected chi connectivity index (χ4v) is 3.94. The molecule has 1 aromatic carbocycles. The van der Waals surface area contributed by atoms with E-state index in [9.17, 15) is 9.59 Å². The molecular formula is C18H17ClN2O2. The molecule has 4 rings (SSSR count). The summed E-state index contributed by atoms with van der Waals surface area (Å²) in [5, 5.41) is 1.85. The minimum atomic E-state index is -0.261. The Morgan fingerprint density at radius 2 is 1.96 bits per heavy atom. The summed E-state index contributed by atoms with van der Waals surface area (Å²) in [6, 6.07) is 8.05. The van der Waals surface area contributed by atoms with Gasteiger partial charge in [0.05, 0.1) is 11.8 Å². The molecule has 0 saturated carbocycles. The molecule has 5 heteroatoms. The fraction of sp³-hybridized carbons (Fsp3) is 0.333.